The number of carbonyl (C=O) groups excluding carboxylic acids is 2. The van der Waals surface area contributed by atoms with Gasteiger partial charge in [0.15, 0.2) is 5.60 Å². The SMILES string of the molecule is CCOC(=O)NC(=O)Nc1cc(-c2cccc(Cl)c2)c2cc(C(O)(c3ccc(Cl)cc3)c3cncn3C)ccc2n1. The Hall–Kier alpha value is -4.44. The first-order valence-corrected chi connectivity index (χ1v) is 13.4. The molecule has 0 spiro atoms. The van der Waals surface area contributed by atoms with E-state index in [9.17, 15) is 14.7 Å². The van der Waals surface area contributed by atoms with E-state index in [1.165, 1.54) is 0 Å². The van der Waals surface area contributed by atoms with Crippen molar-refractivity contribution in [3.05, 3.63) is 112 Å². The van der Waals surface area contributed by atoms with Gasteiger partial charge in [0.2, 0.25) is 0 Å². The van der Waals surface area contributed by atoms with E-state index in [-0.39, 0.29) is 12.4 Å². The Bertz CT molecular complexity index is 1760. The number of aliphatic hydroxyl groups is 1. The third-order valence-corrected chi connectivity index (χ3v) is 7.03. The number of imide groups is 1. The van der Waals surface area contributed by atoms with E-state index in [0.29, 0.717) is 43.3 Å². The summed E-state index contributed by atoms with van der Waals surface area (Å²) in [6.07, 6.45) is 2.36. The molecule has 11 heteroatoms. The van der Waals surface area contributed by atoms with Crippen LogP contribution in [0.3, 0.4) is 0 Å². The number of aromatic nitrogens is 3. The van der Waals surface area contributed by atoms with Crippen LogP contribution in [-0.4, -0.2) is 38.4 Å². The molecule has 3 amide bonds. The molecule has 3 aromatic carbocycles. The molecule has 0 aliphatic rings. The molecule has 0 aliphatic heterocycles. The maximum Gasteiger partial charge on any atom is 0.415 e. The number of rotatable bonds is 6. The summed E-state index contributed by atoms with van der Waals surface area (Å²) < 4.78 is 6.52. The fraction of sp³-hybridized carbons (Fsp3) is 0.133. The van der Waals surface area contributed by atoms with Crippen LogP contribution >= 0.6 is 23.2 Å². The van der Waals surface area contributed by atoms with Gasteiger partial charge in [0, 0.05) is 22.5 Å². The van der Waals surface area contributed by atoms with Crippen molar-refractivity contribution >= 4 is 52.0 Å². The molecule has 2 aromatic heterocycles. The van der Waals surface area contributed by atoms with Crippen LogP contribution < -0.4 is 10.6 Å². The zero-order chi connectivity index (χ0) is 29.1. The number of ether oxygens (including phenoxy) is 1. The average Bonchev–Trinajstić information content (AvgIpc) is 3.38. The molecule has 2 heterocycles. The van der Waals surface area contributed by atoms with Crippen molar-refractivity contribution in [1.29, 1.82) is 0 Å². The van der Waals surface area contributed by atoms with Gasteiger partial charge in [0.05, 0.1) is 30.3 Å². The quantitative estimate of drug-likeness (QED) is 0.208. The second-order valence-corrected chi connectivity index (χ2v) is 10.1. The Morgan fingerprint density at radius 1 is 1.00 bits per heavy atom. The van der Waals surface area contributed by atoms with Crippen LogP contribution in [0.25, 0.3) is 22.0 Å². The van der Waals surface area contributed by atoms with Crippen molar-refractivity contribution in [2.45, 2.75) is 12.5 Å². The monoisotopic (exact) mass is 589 g/mol. The minimum absolute atomic E-state index is 0.121. The van der Waals surface area contributed by atoms with E-state index in [4.69, 9.17) is 27.9 Å². The molecule has 9 nitrogen and oxygen atoms in total. The smallest absolute Gasteiger partial charge is 0.415 e. The number of urea groups is 1. The topological polar surface area (TPSA) is 118 Å². The molecule has 0 fully saturated rings. The summed E-state index contributed by atoms with van der Waals surface area (Å²) in [5.74, 6) is 0.196. The van der Waals surface area contributed by atoms with E-state index < -0.39 is 17.7 Å². The number of pyridine rings is 1. The van der Waals surface area contributed by atoms with Crippen molar-refractivity contribution in [2.75, 3.05) is 11.9 Å². The molecule has 0 bridgehead atoms. The van der Waals surface area contributed by atoms with Crippen molar-refractivity contribution < 1.29 is 19.4 Å². The third-order valence-electron chi connectivity index (χ3n) is 6.54. The van der Waals surface area contributed by atoms with Crippen molar-refractivity contribution in [2.24, 2.45) is 7.05 Å². The summed E-state index contributed by atoms with van der Waals surface area (Å²) in [6, 6.07) is 20.5. The lowest BCUT2D eigenvalue weighted by Crippen LogP contribution is -2.35. The molecule has 1 atom stereocenters. The van der Waals surface area contributed by atoms with Gasteiger partial charge in [-0.1, -0.05) is 53.5 Å². The molecule has 0 radical (unpaired) electrons. The number of carbonyl (C=O) groups is 2. The molecule has 0 saturated carbocycles. The Balaban J connectivity index is 1.68. The van der Waals surface area contributed by atoms with Crippen molar-refractivity contribution in [1.82, 2.24) is 19.9 Å². The maximum atomic E-state index is 12.4. The zero-order valence-electron chi connectivity index (χ0n) is 22.1. The van der Waals surface area contributed by atoms with Crippen LogP contribution in [-0.2, 0) is 17.4 Å². The van der Waals surface area contributed by atoms with Crippen molar-refractivity contribution in [3.8, 4) is 11.1 Å². The van der Waals surface area contributed by atoms with Gasteiger partial charge >= 0.3 is 12.1 Å². The van der Waals surface area contributed by atoms with E-state index in [1.807, 2.05) is 25.2 Å². The molecular weight excluding hydrogens is 565 g/mol. The van der Waals surface area contributed by atoms with Crippen molar-refractivity contribution in [3.63, 3.8) is 0 Å². The number of nitrogens with zero attached hydrogens (tertiary/aromatic N) is 3. The van der Waals surface area contributed by atoms with Crippen LogP contribution in [0.5, 0.6) is 0 Å². The second-order valence-electron chi connectivity index (χ2n) is 9.20. The maximum absolute atomic E-state index is 12.4. The molecule has 0 aliphatic carbocycles. The number of halogens is 2. The second kappa shape index (κ2) is 11.6. The van der Waals surface area contributed by atoms with Gasteiger partial charge in [0.25, 0.3) is 0 Å². The number of hydrogen-bond donors (Lipinski definition) is 3. The summed E-state index contributed by atoms with van der Waals surface area (Å²) in [7, 11) is 1.81. The lowest BCUT2D eigenvalue weighted by molar-refractivity contribution is 0.117. The minimum Gasteiger partial charge on any atom is -0.450 e. The third kappa shape index (κ3) is 5.74. The summed E-state index contributed by atoms with van der Waals surface area (Å²) in [5, 5.41) is 18.8. The summed E-state index contributed by atoms with van der Waals surface area (Å²) in [6.45, 7) is 1.76. The normalized spacial score (nSPS) is 12.5. The van der Waals surface area contributed by atoms with Gasteiger partial charge in [-0.15, -0.1) is 0 Å². The highest BCUT2D eigenvalue weighted by atomic mass is 35.5. The highest BCUT2D eigenvalue weighted by molar-refractivity contribution is 6.31. The van der Waals surface area contributed by atoms with Gasteiger partial charge in [-0.05, 0) is 71.6 Å². The summed E-state index contributed by atoms with van der Waals surface area (Å²) >= 11 is 12.5. The highest BCUT2D eigenvalue weighted by Gasteiger charge is 2.37. The number of amides is 3. The number of nitrogens with one attached hydrogen (secondary N) is 2. The molecule has 5 aromatic rings. The first-order chi connectivity index (χ1) is 19.7. The Kier molecular flexibility index (Phi) is 7.94. The van der Waals surface area contributed by atoms with Gasteiger partial charge in [-0.25, -0.2) is 24.9 Å². The van der Waals surface area contributed by atoms with E-state index in [0.717, 1.165) is 5.56 Å². The first kappa shape index (κ1) is 28.1. The first-order valence-electron chi connectivity index (χ1n) is 12.6. The predicted octanol–water partition coefficient (Wildman–Crippen LogP) is 6.50. The van der Waals surface area contributed by atoms with E-state index in [2.05, 4.69) is 20.6 Å². The lowest BCUT2D eigenvalue weighted by Gasteiger charge is -2.30. The van der Waals surface area contributed by atoms with Gasteiger partial charge < -0.3 is 14.4 Å². The Morgan fingerprint density at radius 3 is 2.44 bits per heavy atom. The molecule has 41 heavy (non-hydrogen) atoms. The van der Waals surface area contributed by atoms with Crippen LogP contribution in [0, 0.1) is 0 Å². The number of alkyl carbamates (subject to hydrolysis) is 1. The number of anilines is 1. The molecule has 3 N–H and O–H groups in total. The largest absolute Gasteiger partial charge is 0.450 e. The van der Waals surface area contributed by atoms with Gasteiger partial charge in [-0.3, -0.25) is 5.32 Å². The van der Waals surface area contributed by atoms with Crippen LogP contribution in [0.1, 0.15) is 23.7 Å². The highest BCUT2D eigenvalue weighted by Crippen LogP contribution is 2.40. The number of hydrogen-bond acceptors (Lipinski definition) is 6. The molecule has 1 unspecified atom stereocenters. The van der Waals surface area contributed by atoms with E-state index in [1.54, 1.807) is 78.6 Å². The number of imidazole rings is 1. The van der Waals surface area contributed by atoms with E-state index >= 15 is 0 Å². The lowest BCUT2D eigenvalue weighted by atomic mass is 9.82. The Labute approximate surface area is 245 Å². The molecule has 0 saturated heterocycles. The van der Waals surface area contributed by atoms with Crippen LogP contribution in [0.15, 0.2) is 85.3 Å². The standard InChI is InChI=1S/C30H25Cl2N5O4/c1-3-41-29(39)36-28(38)35-27-15-23(18-5-4-6-22(32)13-18)24-14-20(9-12-25(24)34-27)30(40,26-16-33-17-37(26)2)19-7-10-21(31)11-8-19/h4-17,40H,3H2,1-2H3,(H2,34,35,36,38,39). The van der Waals surface area contributed by atoms with Crippen LogP contribution in [0.2, 0.25) is 10.0 Å². The van der Waals surface area contributed by atoms with Gasteiger partial charge in [-0.2, -0.15) is 0 Å². The zero-order valence-corrected chi connectivity index (χ0v) is 23.6. The predicted molar refractivity (Wildman–Crippen MR) is 158 cm³/mol. The van der Waals surface area contributed by atoms with Crippen LogP contribution in [0.4, 0.5) is 15.4 Å². The fourth-order valence-electron chi connectivity index (χ4n) is 4.68. The number of benzene rings is 3. The average molecular weight is 590 g/mol. The molecule has 5 rings (SSSR count). The minimum atomic E-state index is -1.59. The molecule has 208 valence electrons. The number of fused-ring (bicyclic) bond motifs is 1. The Morgan fingerprint density at radius 2 is 1.76 bits per heavy atom. The number of aryl methyl sites for hydroxylation is 1. The van der Waals surface area contributed by atoms with Gasteiger partial charge in [0.1, 0.15) is 5.82 Å². The fourth-order valence-corrected chi connectivity index (χ4v) is 4.99. The summed E-state index contributed by atoms with van der Waals surface area (Å²) in [5.41, 5.74) is 2.08. The summed E-state index contributed by atoms with van der Waals surface area (Å²) in [4.78, 5) is 33.0. The molecular formula is C30H25Cl2N5O4.